The van der Waals surface area contributed by atoms with Gasteiger partial charge in [0.15, 0.2) is 0 Å². The molecule has 2 saturated heterocycles. The molecule has 0 radical (unpaired) electrons. The molecule has 8 nitrogen and oxygen atoms in total. The van der Waals surface area contributed by atoms with Crippen molar-refractivity contribution in [1.29, 1.82) is 0 Å². The normalized spacial score (nSPS) is 21.0. The predicted octanol–water partition coefficient (Wildman–Crippen LogP) is 0.0606. The van der Waals surface area contributed by atoms with E-state index in [1.807, 2.05) is 18.2 Å². The Morgan fingerprint density at radius 1 is 1.42 bits per heavy atom. The van der Waals surface area contributed by atoms with Gasteiger partial charge in [0.25, 0.3) is 5.91 Å². The second-order valence-corrected chi connectivity index (χ2v) is 6.07. The highest BCUT2D eigenvalue weighted by Gasteiger charge is 2.33. The molecule has 24 heavy (non-hydrogen) atoms. The zero-order valence-electron chi connectivity index (χ0n) is 13.6. The van der Waals surface area contributed by atoms with E-state index >= 15 is 0 Å². The number of piperidine rings is 1. The van der Waals surface area contributed by atoms with Crippen LogP contribution in [0.2, 0.25) is 0 Å². The third kappa shape index (κ3) is 3.32. The summed E-state index contributed by atoms with van der Waals surface area (Å²) in [5.41, 5.74) is 0. The van der Waals surface area contributed by atoms with Crippen LogP contribution < -0.4 is 10.2 Å². The Bertz CT molecular complexity index is 620. The molecule has 2 fully saturated rings. The summed E-state index contributed by atoms with van der Waals surface area (Å²) in [5.74, 6) is 0.311. The van der Waals surface area contributed by atoms with Crippen molar-refractivity contribution in [3.8, 4) is 0 Å². The fraction of sp³-hybridized carbons (Fsp3) is 0.500. The van der Waals surface area contributed by atoms with Gasteiger partial charge in [-0.3, -0.25) is 14.5 Å². The number of amides is 4. The van der Waals surface area contributed by atoms with E-state index in [1.54, 1.807) is 18.1 Å². The number of anilines is 1. The Labute approximate surface area is 140 Å². The SMILES string of the molecule is CN(C(=O)CN1C(=O)CNC1=O)C1CCCN(c2ccccn2)C1. The van der Waals surface area contributed by atoms with Crippen LogP contribution in [0.3, 0.4) is 0 Å². The minimum atomic E-state index is -0.500. The highest BCUT2D eigenvalue weighted by atomic mass is 16.2. The number of aromatic nitrogens is 1. The van der Waals surface area contributed by atoms with Crippen LogP contribution in [0.1, 0.15) is 12.8 Å². The summed E-state index contributed by atoms with van der Waals surface area (Å²) >= 11 is 0. The van der Waals surface area contributed by atoms with Gasteiger partial charge in [0, 0.05) is 32.4 Å². The highest BCUT2D eigenvalue weighted by Crippen LogP contribution is 2.20. The summed E-state index contributed by atoms with van der Waals surface area (Å²) in [5, 5.41) is 2.42. The summed E-state index contributed by atoms with van der Waals surface area (Å²) in [6, 6.07) is 5.31. The maximum Gasteiger partial charge on any atom is 0.325 e. The van der Waals surface area contributed by atoms with Gasteiger partial charge in [-0.25, -0.2) is 9.78 Å². The van der Waals surface area contributed by atoms with Crippen molar-refractivity contribution >= 4 is 23.7 Å². The second-order valence-electron chi connectivity index (χ2n) is 6.07. The lowest BCUT2D eigenvalue weighted by Gasteiger charge is -2.38. The van der Waals surface area contributed by atoms with E-state index in [9.17, 15) is 14.4 Å². The zero-order valence-corrected chi connectivity index (χ0v) is 13.6. The Kier molecular flexibility index (Phi) is 4.64. The number of hydrogen-bond donors (Lipinski definition) is 1. The van der Waals surface area contributed by atoms with E-state index < -0.39 is 6.03 Å². The lowest BCUT2D eigenvalue weighted by atomic mass is 10.0. The quantitative estimate of drug-likeness (QED) is 0.789. The van der Waals surface area contributed by atoms with Crippen LogP contribution >= 0.6 is 0 Å². The monoisotopic (exact) mass is 331 g/mol. The predicted molar refractivity (Wildman–Crippen MR) is 87.4 cm³/mol. The maximum atomic E-state index is 12.5. The first-order valence-electron chi connectivity index (χ1n) is 8.06. The molecular formula is C16H21N5O3. The number of likely N-dealkylation sites (N-methyl/N-ethyl adjacent to an activating group) is 1. The topological polar surface area (TPSA) is 85.8 Å². The second kappa shape index (κ2) is 6.86. The summed E-state index contributed by atoms with van der Waals surface area (Å²) in [6.45, 7) is 1.36. The molecule has 3 rings (SSSR count). The highest BCUT2D eigenvalue weighted by molar-refractivity contribution is 6.04. The van der Waals surface area contributed by atoms with Gasteiger partial charge in [0.2, 0.25) is 5.91 Å². The third-order valence-corrected chi connectivity index (χ3v) is 4.54. The average molecular weight is 331 g/mol. The van der Waals surface area contributed by atoms with Crippen molar-refractivity contribution in [3.63, 3.8) is 0 Å². The molecule has 0 spiro atoms. The molecule has 4 amide bonds. The van der Waals surface area contributed by atoms with Crippen molar-refractivity contribution in [3.05, 3.63) is 24.4 Å². The van der Waals surface area contributed by atoms with Gasteiger partial charge < -0.3 is 15.1 Å². The molecule has 1 atom stereocenters. The van der Waals surface area contributed by atoms with Gasteiger partial charge in [-0.2, -0.15) is 0 Å². The number of imide groups is 1. The van der Waals surface area contributed by atoms with Gasteiger partial charge in [-0.15, -0.1) is 0 Å². The largest absolute Gasteiger partial charge is 0.355 e. The van der Waals surface area contributed by atoms with Gasteiger partial charge in [0.1, 0.15) is 12.4 Å². The standard InChI is InChI=1S/C16H21N5O3/c1-19(15(23)11-21-14(22)9-18-16(21)24)12-5-4-8-20(10-12)13-6-2-3-7-17-13/h2-3,6-7,12H,4-5,8-11H2,1H3,(H,18,24). The number of pyridine rings is 1. The van der Waals surface area contributed by atoms with Crippen molar-refractivity contribution in [2.45, 2.75) is 18.9 Å². The number of nitrogens with one attached hydrogen (secondary N) is 1. The molecule has 0 aliphatic carbocycles. The molecule has 0 bridgehead atoms. The minimum Gasteiger partial charge on any atom is -0.355 e. The fourth-order valence-corrected chi connectivity index (χ4v) is 3.09. The van der Waals surface area contributed by atoms with Crippen LogP contribution in [0, 0.1) is 0 Å². The third-order valence-electron chi connectivity index (χ3n) is 4.54. The molecule has 128 valence electrons. The molecule has 0 saturated carbocycles. The summed E-state index contributed by atoms with van der Waals surface area (Å²) in [7, 11) is 1.73. The molecule has 1 unspecified atom stereocenters. The van der Waals surface area contributed by atoms with E-state index in [2.05, 4.69) is 15.2 Å². The molecule has 1 aromatic heterocycles. The maximum absolute atomic E-state index is 12.5. The molecule has 1 aromatic rings. The lowest BCUT2D eigenvalue weighted by molar-refractivity contribution is -0.137. The van der Waals surface area contributed by atoms with Crippen molar-refractivity contribution < 1.29 is 14.4 Å². The molecule has 1 N–H and O–H groups in total. The Morgan fingerprint density at radius 3 is 2.92 bits per heavy atom. The Hall–Kier alpha value is -2.64. The summed E-state index contributed by atoms with van der Waals surface area (Å²) in [6.07, 6.45) is 3.61. The van der Waals surface area contributed by atoms with E-state index in [-0.39, 0.29) is 30.9 Å². The van der Waals surface area contributed by atoms with E-state index in [0.717, 1.165) is 30.1 Å². The van der Waals surface area contributed by atoms with Gasteiger partial charge >= 0.3 is 6.03 Å². The van der Waals surface area contributed by atoms with Crippen molar-refractivity contribution in [2.24, 2.45) is 0 Å². The number of hydrogen-bond acceptors (Lipinski definition) is 5. The number of rotatable bonds is 4. The lowest BCUT2D eigenvalue weighted by Crippen LogP contribution is -2.51. The van der Waals surface area contributed by atoms with Crippen LogP contribution in [-0.4, -0.2) is 71.9 Å². The van der Waals surface area contributed by atoms with Gasteiger partial charge in [-0.1, -0.05) is 6.07 Å². The van der Waals surface area contributed by atoms with Crippen LogP contribution in [0.4, 0.5) is 10.6 Å². The zero-order chi connectivity index (χ0) is 17.1. The average Bonchev–Trinajstić information content (AvgIpc) is 2.94. The van der Waals surface area contributed by atoms with Crippen molar-refractivity contribution in [2.75, 3.05) is 38.1 Å². The summed E-state index contributed by atoms with van der Waals surface area (Å²) in [4.78, 5) is 44.8. The van der Waals surface area contributed by atoms with Gasteiger partial charge in [-0.05, 0) is 25.0 Å². The molecule has 8 heteroatoms. The molecular weight excluding hydrogens is 310 g/mol. The first-order valence-corrected chi connectivity index (χ1v) is 8.06. The first-order chi connectivity index (χ1) is 11.6. The number of carbonyl (C=O) groups is 3. The van der Waals surface area contributed by atoms with Crippen LogP contribution in [0.5, 0.6) is 0 Å². The number of urea groups is 1. The Balaban J connectivity index is 1.61. The van der Waals surface area contributed by atoms with Crippen LogP contribution in [-0.2, 0) is 9.59 Å². The Morgan fingerprint density at radius 2 is 2.25 bits per heavy atom. The van der Waals surface area contributed by atoms with E-state index in [4.69, 9.17) is 0 Å². The summed E-state index contributed by atoms with van der Waals surface area (Å²) < 4.78 is 0. The molecule has 2 aliphatic heterocycles. The molecule has 3 heterocycles. The first kappa shape index (κ1) is 16.2. The van der Waals surface area contributed by atoms with E-state index in [1.165, 1.54) is 0 Å². The van der Waals surface area contributed by atoms with Crippen molar-refractivity contribution in [1.82, 2.24) is 20.1 Å². The fourth-order valence-electron chi connectivity index (χ4n) is 3.09. The smallest absolute Gasteiger partial charge is 0.325 e. The van der Waals surface area contributed by atoms with E-state index in [0.29, 0.717) is 6.54 Å². The van der Waals surface area contributed by atoms with Crippen LogP contribution in [0.25, 0.3) is 0 Å². The minimum absolute atomic E-state index is 0.0350. The number of nitrogens with zero attached hydrogens (tertiary/aromatic N) is 4. The van der Waals surface area contributed by atoms with Crippen LogP contribution in [0.15, 0.2) is 24.4 Å². The van der Waals surface area contributed by atoms with Gasteiger partial charge in [0.05, 0.1) is 6.54 Å². The molecule has 0 aromatic carbocycles. The molecule has 2 aliphatic rings. The number of carbonyl (C=O) groups excluding carboxylic acids is 3.